The molecule has 2 heterocycles. The van der Waals surface area contributed by atoms with Crippen molar-refractivity contribution in [1.82, 2.24) is 4.90 Å². The number of hydrogen-bond donors (Lipinski definition) is 1. The van der Waals surface area contributed by atoms with E-state index in [0.29, 0.717) is 18.7 Å². The molecule has 2 fully saturated rings. The van der Waals surface area contributed by atoms with Crippen LogP contribution in [0.2, 0.25) is 0 Å². The number of alkyl halides is 3. The highest BCUT2D eigenvalue weighted by atomic mass is 19.4. The van der Waals surface area contributed by atoms with Gasteiger partial charge in [-0.25, -0.2) is 9.59 Å². The Morgan fingerprint density at radius 3 is 2.32 bits per heavy atom. The van der Waals surface area contributed by atoms with Crippen LogP contribution in [0.3, 0.4) is 0 Å². The molecule has 7 nitrogen and oxygen atoms in total. The number of ether oxygens (including phenoxy) is 2. The van der Waals surface area contributed by atoms with E-state index in [2.05, 4.69) is 0 Å². The SMILES string of the molecule is CC(C)(C)OC(=O)N1C[C@H]2C[C@@H]1[C@H](c1cccc(N(C(N)=O)c3ccc(C(F)(F)F)cc3)c1)O2. The first-order chi connectivity index (χ1) is 15.8. The molecule has 0 aromatic heterocycles. The quantitative estimate of drug-likeness (QED) is 0.644. The lowest BCUT2D eigenvalue weighted by Gasteiger charge is -2.35. The molecule has 34 heavy (non-hydrogen) atoms. The topological polar surface area (TPSA) is 85.1 Å². The fourth-order valence-corrected chi connectivity index (χ4v) is 4.38. The number of carbonyl (C=O) groups excluding carboxylic acids is 2. The van der Waals surface area contributed by atoms with Gasteiger partial charge in [0.1, 0.15) is 11.7 Å². The van der Waals surface area contributed by atoms with E-state index in [1.807, 2.05) is 6.07 Å². The predicted molar refractivity (Wildman–Crippen MR) is 119 cm³/mol. The van der Waals surface area contributed by atoms with Crippen molar-refractivity contribution in [3.8, 4) is 0 Å². The van der Waals surface area contributed by atoms with Gasteiger partial charge in [0, 0.05) is 0 Å². The van der Waals surface area contributed by atoms with Crippen LogP contribution in [-0.2, 0) is 15.7 Å². The lowest BCUT2D eigenvalue weighted by Crippen LogP contribution is -2.45. The summed E-state index contributed by atoms with van der Waals surface area (Å²) in [6.07, 6.45) is -4.81. The number of rotatable bonds is 3. The average Bonchev–Trinajstić information content (AvgIpc) is 3.34. The number of morpholine rings is 1. The number of benzene rings is 2. The molecule has 10 heteroatoms. The Morgan fingerprint density at radius 2 is 1.76 bits per heavy atom. The first-order valence-electron chi connectivity index (χ1n) is 10.9. The van der Waals surface area contributed by atoms with Gasteiger partial charge in [-0.3, -0.25) is 9.80 Å². The van der Waals surface area contributed by atoms with E-state index in [-0.39, 0.29) is 17.8 Å². The van der Waals surface area contributed by atoms with E-state index in [1.165, 1.54) is 12.1 Å². The normalized spacial score (nSPS) is 22.1. The van der Waals surface area contributed by atoms with Crippen molar-refractivity contribution in [2.75, 3.05) is 11.4 Å². The second-order valence-electron chi connectivity index (χ2n) is 9.43. The summed E-state index contributed by atoms with van der Waals surface area (Å²) in [4.78, 5) is 27.7. The number of anilines is 2. The maximum atomic E-state index is 12.9. The van der Waals surface area contributed by atoms with Crippen molar-refractivity contribution in [1.29, 1.82) is 0 Å². The summed E-state index contributed by atoms with van der Waals surface area (Å²) in [6, 6.07) is 9.94. The van der Waals surface area contributed by atoms with Gasteiger partial charge in [-0.05, 0) is 69.2 Å². The number of urea groups is 1. The Kier molecular flexibility index (Phi) is 5.97. The second kappa shape index (κ2) is 8.50. The van der Waals surface area contributed by atoms with Crippen LogP contribution in [0.4, 0.5) is 34.1 Å². The summed E-state index contributed by atoms with van der Waals surface area (Å²) in [5.41, 5.74) is 5.41. The van der Waals surface area contributed by atoms with Crippen LogP contribution < -0.4 is 10.6 Å². The Balaban J connectivity index is 1.60. The van der Waals surface area contributed by atoms with Gasteiger partial charge in [-0.15, -0.1) is 0 Å². The standard InChI is InChI=1S/C24H26F3N3O4/c1-23(2,3)34-22(32)29-13-18-12-19(29)20(33-18)14-5-4-6-17(11-14)30(21(28)31)16-9-7-15(8-10-16)24(25,26)27/h4-11,18-20H,12-13H2,1-3H3,(H2,28,31)/t18-,19-,20+/m1/s1. The monoisotopic (exact) mass is 477 g/mol. The highest BCUT2D eigenvalue weighted by Crippen LogP contribution is 2.43. The minimum atomic E-state index is -4.49. The van der Waals surface area contributed by atoms with E-state index in [4.69, 9.17) is 15.2 Å². The van der Waals surface area contributed by atoms with E-state index in [9.17, 15) is 22.8 Å². The average molecular weight is 477 g/mol. The summed E-state index contributed by atoms with van der Waals surface area (Å²) < 4.78 is 50.4. The van der Waals surface area contributed by atoms with E-state index in [1.54, 1.807) is 43.9 Å². The summed E-state index contributed by atoms with van der Waals surface area (Å²) in [5.74, 6) is 0. The number of likely N-dealkylation sites (tertiary alicyclic amines) is 1. The summed E-state index contributed by atoms with van der Waals surface area (Å²) in [5, 5.41) is 0. The van der Waals surface area contributed by atoms with Crippen LogP contribution in [0.5, 0.6) is 0 Å². The third-order valence-corrected chi connectivity index (χ3v) is 5.75. The fraction of sp³-hybridized carbons (Fsp3) is 0.417. The molecule has 0 aliphatic carbocycles. The van der Waals surface area contributed by atoms with Crippen LogP contribution in [-0.4, -0.2) is 41.3 Å². The zero-order valence-corrected chi connectivity index (χ0v) is 19.0. The number of primary amides is 1. The van der Waals surface area contributed by atoms with Crippen molar-refractivity contribution >= 4 is 23.5 Å². The molecule has 2 aliphatic heterocycles. The van der Waals surface area contributed by atoms with Crippen molar-refractivity contribution in [2.45, 2.75) is 57.2 Å². The first kappa shape index (κ1) is 23.9. The van der Waals surface area contributed by atoms with Gasteiger partial charge in [0.25, 0.3) is 0 Å². The van der Waals surface area contributed by atoms with Crippen molar-refractivity contribution in [3.63, 3.8) is 0 Å². The number of halogens is 3. The smallest absolute Gasteiger partial charge is 0.416 e. The largest absolute Gasteiger partial charge is 0.444 e. The molecule has 0 radical (unpaired) electrons. The number of hydrogen-bond acceptors (Lipinski definition) is 4. The summed E-state index contributed by atoms with van der Waals surface area (Å²) in [6.45, 7) is 5.85. The predicted octanol–water partition coefficient (Wildman–Crippen LogP) is 5.37. The van der Waals surface area contributed by atoms with Gasteiger partial charge in [0.2, 0.25) is 0 Å². The molecule has 0 spiro atoms. The van der Waals surface area contributed by atoms with Crippen LogP contribution in [0.15, 0.2) is 48.5 Å². The highest BCUT2D eigenvalue weighted by molar-refractivity contribution is 5.98. The van der Waals surface area contributed by atoms with Gasteiger partial charge >= 0.3 is 18.3 Å². The summed E-state index contributed by atoms with van der Waals surface area (Å²) in [7, 11) is 0. The molecule has 3 atom stereocenters. The maximum absolute atomic E-state index is 12.9. The lowest BCUT2D eigenvalue weighted by molar-refractivity contribution is -0.137. The van der Waals surface area contributed by atoms with Crippen LogP contribution in [0, 0.1) is 0 Å². The van der Waals surface area contributed by atoms with Gasteiger partial charge in [0.05, 0.1) is 35.6 Å². The Bertz CT molecular complexity index is 1080. The van der Waals surface area contributed by atoms with E-state index in [0.717, 1.165) is 22.6 Å². The number of nitrogens with two attached hydrogens (primary N) is 1. The van der Waals surface area contributed by atoms with E-state index < -0.39 is 35.6 Å². The molecule has 2 aromatic rings. The zero-order chi connectivity index (χ0) is 24.8. The van der Waals surface area contributed by atoms with Crippen LogP contribution in [0.25, 0.3) is 0 Å². The number of fused-ring (bicyclic) bond motifs is 2. The molecule has 2 aliphatic rings. The molecular weight excluding hydrogens is 451 g/mol. The van der Waals surface area contributed by atoms with Gasteiger partial charge < -0.3 is 15.2 Å². The molecule has 0 saturated carbocycles. The van der Waals surface area contributed by atoms with Gasteiger partial charge in [0.15, 0.2) is 0 Å². The number of amides is 3. The third kappa shape index (κ3) is 4.82. The molecule has 2 N–H and O–H groups in total. The molecule has 182 valence electrons. The Labute approximate surface area is 195 Å². The number of carbonyl (C=O) groups is 2. The fourth-order valence-electron chi connectivity index (χ4n) is 4.38. The Morgan fingerprint density at radius 1 is 1.09 bits per heavy atom. The van der Waals surface area contributed by atoms with E-state index >= 15 is 0 Å². The minimum Gasteiger partial charge on any atom is -0.444 e. The van der Waals surface area contributed by atoms with Crippen LogP contribution >= 0.6 is 0 Å². The molecule has 3 amide bonds. The molecule has 2 saturated heterocycles. The second-order valence-corrected chi connectivity index (χ2v) is 9.43. The third-order valence-electron chi connectivity index (χ3n) is 5.75. The van der Waals surface area contributed by atoms with Gasteiger partial charge in [-0.1, -0.05) is 12.1 Å². The Hall–Kier alpha value is -3.27. The minimum absolute atomic E-state index is 0.131. The lowest BCUT2D eigenvalue weighted by atomic mass is 10.0. The van der Waals surface area contributed by atoms with Crippen molar-refractivity contribution in [3.05, 3.63) is 59.7 Å². The first-order valence-corrected chi connectivity index (χ1v) is 10.9. The molecule has 0 unspecified atom stereocenters. The van der Waals surface area contributed by atoms with Crippen molar-refractivity contribution < 1.29 is 32.2 Å². The molecular formula is C24H26F3N3O4. The van der Waals surface area contributed by atoms with Crippen LogP contribution in [0.1, 0.15) is 44.4 Å². The maximum Gasteiger partial charge on any atom is 0.416 e. The molecule has 4 rings (SSSR count). The highest BCUT2D eigenvalue weighted by Gasteiger charge is 2.49. The zero-order valence-electron chi connectivity index (χ0n) is 19.0. The molecule has 2 bridgehead atoms. The number of nitrogens with zero attached hydrogens (tertiary/aromatic N) is 2. The molecule has 2 aromatic carbocycles. The summed E-state index contributed by atoms with van der Waals surface area (Å²) >= 11 is 0. The van der Waals surface area contributed by atoms with Gasteiger partial charge in [-0.2, -0.15) is 13.2 Å². The van der Waals surface area contributed by atoms with Crippen molar-refractivity contribution in [2.24, 2.45) is 5.73 Å².